The van der Waals surface area contributed by atoms with Crippen LogP contribution in [0.3, 0.4) is 0 Å². The number of aliphatic hydroxyl groups is 2. The fourth-order valence-corrected chi connectivity index (χ4v) is 2.03. The minimum Gasteiger partial charge on any atom is -0.496 e. The summed E-state index contributed by atoms with van der Waals surface area (Å²) in [6.45, 7) is 2.47. The molecule has 0 saturated heterocycles. The van der Waals surface area contributed by atoms with Crippen LogP contribution in [0.5, 0.6) is 11.5 Å². The van der Waals surface area contributed by atoms with E-state index < -0.39 is 0 Å². The van der Waals surface area contributed by atoms with Crippen LogP contribution >= 0.6 is 0 Å². The van der Waals surface area contributed by atoms with Crippen LogP contribution < -0.4 is 14.8 Å². The predicted octanol–water partition coefficient (Wildman–Crippen LogP) is 0.498. The van der Waals surface area contributed by atoms with Crippen molar-refractivity contribution >= 4 is 0 Å². The molecule has 0 aliphatic heterocycles. The second kappa shape index (κ2) is 7.99. The Kier molecular flexibility index (Phi) is 6.62. The second-order valence-corrected chi connectivity index (χ2v) is 4.35. The summed E-state index contributed by atoms with van der Waals surface area (Å²) in [5, 5.41) is 21.0. The summed E-state index contributed by atoms with van der Waals surface area (Å²) in [5.74, 6) is 1.63. The third-order valence-corrected chi connectivity index (χ3v) is 3.13. The maximum absolute atomic E-state index is 8.97. The lowest BCUT2D eigenvalue weighted by Crippen LogP contribution is -2.36. The van der Waals surface area contributed by atoms with Gasteiger partial charge in [0.2, 0.25) is 0 Å². The monoisotopic (exact) mass is 269 g/mol. The molecule has 5 nitrogen and oxygen atoms in total. The fraction of sp³-hybridized carbons (Fsp3) is 0.571. The summed E-state index contributed by atoms with van der Waals surface area (Å²) in [6.07, 6.45) is 0.754. The molecule has 0 radical (unpaired) electrons. The lowest BCUT2D eigenvalue weighted by atomic mass is 10.1. The molecular formula is C14H23NO4. The van der Waals surface area contributed by atoms with Crippen LogP contribution in [0.2, 0.25) is 0 Å². The van der Waals surface area contributed by atoms with Crippen molar-refractivity contribution in [3.8, 4) is 11.5 Å². The van der Waals surface area contributed by atoms with Crippen LogP contribution in [0, 0.1) is 6.92 Å². The van der Waals surface area contributed by atoms with Crippen molar-refractivity contribution < 1.29 is 19.7 Å². The first-order chi connectivity index (χ1) is 9.17. The molecule has 0 spiro atoms. The topological polar surface area (TPSA) is 71.0 Å². The summed E-state index contributed by atoms with van der Waals surface area (Å²) >= 11 is 0. The van der Waals surface area contributed by atoms with Gasteiger partial charge in [-0.3, -0.25) is 0 Å². The van der Waals surface area contributed by atoms with Crippen LogP contribution in [-0.2, 0) is 6.42 Å². The first-order valence-corrected chi connectivity index (χ1v) is 6.33. The first kappa shape index (κ1) is 15.8. The highest BCUT2D eigenvalue weighted by Gasteiger charge is 2.11. The maximum atomic E-state index is 8.97. The number of hydrogen-bond acceptors (Lipinski definition) is 5. The quantitative estimate of drug-likeness (QED) is 0.641. The van der Waals surface area contributed by atoms with Crippen LogP contribution in [0.4, 0.5) is 0 Å². The molecule has 0 fully saturated rings. The Morgan fingerprint density at radius 1 is 1.16 bits per heavy atom. The summed E-state index contributed by atoms with van der Waals surface area (Å²) in [7, 11) is 3.28. The zero-order valence-electron chi connectivity index (χ0n) is 11.8. The number of rotatable bonds is 8. The van der Waals surface area contributed by atoms with Gasteiger partial charge in [-0.05, 0) is 31.5 Å². The Labute approximate surface area is 114 Å². The Balaban J connectivity index is 2.70. The van der Waals surface area contributed by atoms with Crippen LogP contribution in [0.1, 0.15) is 11.1 Å². The molecule has 0 unspecified atom stereocenters. The first-order valence-electron chi connectivity index (χ1n) is 6.33. The van der Waals surface area contributed by atoms with Gasteiger partial charge in [0.25, 0.3) is 0 Å². The molecule has 19 heavy (non-hydrogen) atoms. The summed E-state index contributed by atoms with van der Waals surface area (Å²) in [4.78, 5) is 0. The molecule has 0 aliphatic rings. The van der Waals surface area contributed by atoms with Crippen molar-refractivity contribution in [3.05, 3.63) is 23.3 Å². The highest BCUT2D eigenvalue weighted by atomic mass is 16.5. The predicted molar refractivity (Wildman–Crippen MR) is 73.9 cm³/mol. The zero-order chi connectivity index (χ0) is 14.3. The Morgan fingerprint density at radius 2 is 1.84 bits per heavy atom. The second-order valence-electron chi connectivity index (χ2n) is 4.35. The standard InChI is InChI=1S/C14H23NO4/c1-10-13(18-2)5-4-11(14(10)19-3)6-7-15-12(8-16)9-17/h4-5,12,15-17H,6-9H2,1-3H3. The van der Waals surface area contributed by atoms with Gasteiger partial charge in [0.05, 0.1) is 33.5 Å². The third kappa shape index (κ3) is 4.09. The van der Waals surface area contributed by atoms with Crippen LogP contribution in [0.25, 0.3) is 0 Å². The van der Waals surface area contributed by atoms with Gasteiger partial charge in [0.1, 0.15) is 11.5 Å². The molecule has 0 amide bonds. The van der Waals surface area contributed by atoms with E-state index in [0.717, 1.165) is 29.0 Å². The van der Waals surface area contributed by atoms with Gasteiger partial charge in [-0.15, -0.1) is 0 Å². The molecule has 1 rings (SSSR count). The average Bonchev–Trinajstić information content (AvgIpc) is 2.44. The molecule has 1 aromatic carbocycles. The maximum Gasteiger partial charge on any atom is 0.128 e. The molecule has 3 N–H and O–H groups in total. The highest BCUT2D eigenvalue weighted by Crippen LogP contribution is 2.31. The molecule has 1 aromatic rings. The van der Waals surface area contributed by atoms with Gasteiger partial charge < -0.3 is 25.0 Å². The molecule has 0 heterocycles. The Bertz CT molecular complexity index is 391. The number of hydrogen-bond donors (Lipinski definition) is 3. The van der Waals surface area contributed by atoms with Gasteiger partial charge in [-0.25, -0.2) is 0 Å². The van der Waals surface area contributed by atoms with E-state index in [0.29, 0.717) is 6.54 Å². The molecule has 0 aliphatic carbocycles. The molecular weight excluding hydrogens is 246 g/mol. The van der Waals surface area contributed by atoms with Crippen molar-refractivity contribution in [3.63, 3.8) is 0 Å². The number of nitrogens with one attached hydrogen (secondary N) is 1. The van der Waals surface area contributed by atoms with E-state index in [1.807, 2.05) is 19.1 Å². The molecule has 0 atom stereocenters. The van der Waals surface area contributed by atoms with Gasteiger partial charge in [0, 0.05) is 5.56 Å². The van der Waals surface area contributed by atoms with Crippen molar-refractivity contribution in [2.75, 3.05) is 34.0 Å². The number of aliphatic hydroxyl groups excluding tert-OH is 2. The fourth-order valence-electron chi connectivity index (χ4n) is 2.03. The Morgan fingerprint density at radius 3 is 2.37 bits per heavy atom. The van der Waals surface area contributed by atoms with E-state index in [9.17, 15) is 0 Å². The SMILES string of the molecule is COc1ccc(CCNC(CO)CO)c(OC)c1C. The normalized spacial score (nSPS) is 10.8. The van der Waals surface area contributed by atoms with Crippen molar-refractivity contribution in [2.45, 2.75) is 19.4 Å². The van der Waals surface area contributed by atoms with Gasteiger partial charge in [-0.2, -0.15) is 0 Å². The lowest BCUT2D eigenvalue weighted by molar-refractivity contribution is 0.171. The number of methoxy groups -OCH3 is 2. The molecule has 0 bridgehead atoms. The highest BCUT2D eigenvalue weighted by molar-refractivity contribution is 5.49. The Hall–Kier alpha value is -1.30. The van der Waals surface area contributed by atoms with Gasteiger partial charge in [0.15, 0.2) is 0 Å². The largest absolute Gasteiger partial charge is 0.496 e. The molecule has 0 saturated carbocycles. The summed E-state index contributed by atoms with van der Waals surface area (Å²) in [6, 6.07) is 3.62. The van der Waals surface area contributed by atoms with E-state index >= 15 is 0 Å². The van der Waals surface area contributed by atoms with Crippen molar-refractivity contribution in [1.29, 1.82) is 0 Å². The average molecular weight is 269 g/mol. The van der Waals surface area contributed by atoms with E-state index in [-0.39, 0.29) is 19.3 Å². The van der Waals surface area contributed by atoms with Crippen LogP contribution in [0.15, 0.2) is 12.1 Å². The van der Waals surface area contributed by atoms with Gasteiger partial charge in [-0.1, -0.05) is 6.07 Å². The number of benzene rings is 1. The van der Waals surface area contributed by atoms with Gasteiger partial charge >= 0.3 is 0 Å². The molecule has 0 aromatic heterocycles. The van der Waals surface area contributed by atoms with Crippen molar-refractivity contribution in [2.24, 2.45) is 0 Å². The summed E-state index contributed by atoms with van der Waals surface area (Å²) < 4.78 is 10.7. The van der Waals surface area contributed by atoms with E-state index in [4.69, 9.17) is 19.7 Å². The summed E-state index contributed by atoms with van der Waals surface area (Å²) in [5.41, 5.74) is 2.05. The van der Waals surface area contributed by atoms with E-state index in [2.05, 4.69) is 5.32 Å². The number of ether oxygens (including phenoxy) is 2. The van der Waals surface area contributed by atoms with E-state index in [1.54, 1.807) is 14.2 Å². The van der Waals surface area contributed by atoms with Crippen molar-refractivity contribution in [1.82, 2.24) is 5.32 Å². The van der Waals surface area contributed by atoms with E-state index in [1.165, 1.54) is 0 Å². The third-order valence-electron chi connectivity index (χ3n) is 3.13. The smallest absolute Gasteiger partial charge is 0.128 e. The lowest BCUT2D eigenvalue weighted by Gasteiger charge is -2.16. The molecule has 5 heteroatoms. The minimum atomic E-state index is -0.273. The van der Waals surface area contributed by atoms with Crippen LogP contribution in [-0.4, -0.2) is 50.2 Å². The molecule has 108 valence electrons. The minimum absolute atomic E-state index is 0.0741. The zero-order valence-corrected chi connectivity index (χ0v) is 11.8.